The van der Waals surface area contributed by atoms with Crippen LogP contribution < -0.4 is 4.90 Å². The summed E-state index contributed by atoms with van der Waals surface area (Å²) in [5, 5.41) is 0. The maximum atomic E-state index is 11.9. The number of hydrogen-bond acceptors (Lipinski definition) is 2. The van der Waals surface area contributed by atoms with Crippen LogP contribution in [0.3, 0.4) is 0 Å². The number of carbonyl (C=O) groups is 1. The Morgan fingerprint density at radius 1 is 1.33 bits per heavy atom. The van der Waals surface area contributed by atoms with Crippen LogP contribution in [0.2, 0.25) is 0 Å². The molecule has 1 heterocycles. The van der Waals surface area contributed by atoms with Crippen molar-refractivity contribution in [1.29, 1.82) is 0 Å². The van der Waals surface area contributed by atoms with Crippen LogP contribution >= 0.6 is 11.8 Å². The highest BCUT2D eigenvalue weighted by atomic mass is 32.2. The van der Waals surface area contributed by atoms with Gasteiger partial charge in [0.2, 0.25) is 5.91 Å². The summed E-state index contributed by atoms with van der Waals surface area (Å²) in [5.41, 5.74) is 2.39. The molecule has 3 heteroatoms. The Kier molecular flexibility index (Phi) is 3.31. The van der Waals surface area contributed by atoms with Gasteiger partial charge in [0.25, 0.3) is 0 Å². The van der Waals surface area contributed by atoms with Crippen LogP contribution in [0.4, 0.5) is 5.69 Å². The standard InChI is InChI=1S/C12H15NOS/c1-2-7-13-11-6-4-3-5-10(11)8-15-9-12(13)14/h3-6H,2,7-9H2,1H3. The summed E-state index contributed by atoms with van der Waals surface area (Å²) in [7, 11) is 0. The fraction of sp³-hybridized carbons (Fsp3) is 0.417. The van der Waals surface area contributed by atoms with Gasteiger partial charge in [-0.1, -0.05) is 25.1 Å². The molecule has 0 bridgehead atoms. The highest BCUT2D eigenvalue weighted by molar-refractivity contribution is 7.99. The largest absolute Gasteiger partial charge is 0.311 e. The van der Waals surface area contributed by atoms with E-state index in [0.29, 0.717) is 5.75 Å². The van der Waals surface area contributed by atoms with E-state index >= 15 is 0 Å². The van der Waals surface area contributed by atoms with Crippen molar-refractivity contribution in [2.24, 2.45) is 0 Å². The first-order valence-electron chi connectivity index (χ1n) is 5.29. The second-order valence-electron chi connectivity index (χ2n) is 3.67. The predicted octanol–water partition coefficient (Wildman–Crippen LogP) is 2.68. The second-order valence-corrected chi connectivity index (χ2v) is 4.65. The quantitative estimate of drug-likeness (QED) is 0.765. The Labute approximate surface area is 94.7 Å². The lowest BCUT2D eigenvalue weighted by Gasteiger charge is -2.21. The van der Waals surface area contributed by atoms with E-state index in [1.807, 2.05) is 17.0 Å². The Hall–Kier alpha value is -0.960. The topological polar surface area (TPSA) is 20.3 Å². The van der Waals surface area contributed by atoms with Crippen molar-refractivity contribution in [2.45, 2.75) is 19.1 Å². The number of thioether (sulfide) groups is 1. The maximum absolute atomic E-state index is 11.9. The van der Waals surface area contributed by atoms with Crippen molar-refractivity contribution in [1.82, 2.24) is 0 Å². The molecule has 0 N–H and O–H groups in total. The van der Waals surface area contributed by atoms with E-state index in [1.54, 1.807) is 11.8 Å². The van der Waals surface area contributed by atoms with Crippen molar-refractivity contribution >= 4 is 23.4 Å². The van der Waals surface area contributed by atoms with Crippen LogP contribution in [0.5, 0.6) is 0 Å². The summed E-state index contributed by atoms with van der Waals surface area (Å²) in [4.78, 5) is 13.8. The molecule has 1 aliphatic heterocycles. The number of benzene rings is 1. The third-order valence-corrected chi connectivity index (χ3v) is 3.48. The number of anilines is 1. The molecule has 1 aromatic carbocycles. The fourth-order valence-electron chi connectivity index (χ4n) is 1.83. The van der Waals surface area contributed by atoms with Crippen LogP contribution in [0.15, 0.2) is 24.3 Å². The summed E-state index contributed by atoms with van der Waals surface area (Å²) in [6, 6.07) is 8.21. The number of amides is 1. The Morgan fingerprint density at radius 3 is 2.93 bits per heavy atom. The van der Waals surface area contributed by atoms with Gasteiger partial charge in [0.15, 0.2) is 0 Å². The minimum absolute atomic E-state index is 0.242. The molecule has 0 radical (unpaired) electrons. The Bertz CT molecular complexity index is 364. The summed E-state index contributed by atoms with van der Waals surface area (Å²) in [6.07, 6.45) is 1.00. The van der Waals surface area contributed by atoms with Gasteiger partial charge in [-0.05, 0) is 18.1 Å². The van der Waals surface area contributed by atoms with Crippen molar-refractivity contribution in [3.8, 4) is 0 Å². The molecule has 0 aliphatic carbocycles. The third-order valence-electron chi connectivity index (χ3n) is 2.51. The van der Waals surface area contributed by atoms with Crippen LogP contribution in [0.25, 0.3) is 0 Å². The molecule has 0 atom stereocenters. The molecule has 0 aromatic heterocycles. The van der Waals surface area contributed by atoms with Gasteiger partial charge in [0.05, 0.1) is 5.75 Å². The minimum atomic E-state index is 0.242. The van der Waals surface area contributed by atoms with Crippen molar-refractivity contribution in [2.75, 3.05) is 17.2 Å². The van der Waals surface area contributed by atoms with E-state index in [1.165, 1.54) is 5.56 Å². The number of rotatable bonds is 2. The monoisotopic (exact) mass is 221 g/mol. The van der Waals surface area contributed by atoms with Gasteiger partial charge in [-0.2, -0.15) is 0 Å². The lowest BCUT2D eigenvalue weighted by Crippen LogP contribution is -2.32. The number of fused-ring (bicyclic) bond motifs is 1. The summed E-state index contributed by atoms with van der Waals surface area (Å²) in [5.74, 6) is 1.79. The van der Waals surface area contributed by atoms with E-state index in [2.05, 4.69) is 19.1 Å². The zero-order chi connectivity index (χ0) is 10.7. The molecule has 80 valence electrons. The number of hydrogen-bond donors (Lipinski definition) is 0. The lowest BCUT2D eigenvalue weighted by molar-refractivity contribution is -0.116. The van der Waals surface area contributed by atoms with Gasteiger partial charge < -0.3 is 4.90 Å². The first kappa shape index (κ1) is 10.6. The molecular weight excluding hydrogens is 206 g/mol. The van der Waals surface area contributed by atoms with Crippen LogP contribution in [0.1, 0.15) is 18.9 Å². The van der Waals surface area contributed by atoms with Gasteiger partial charge in [0.1, 0.15) is 0 Å². The summed E-state index contributed by atoms with van der Waals surface area (Å²) >= 11 is 1.70. The van der Waals surface area contributed by atoms with Gasteiger partial charge >= 0.3 is 0 Å². The number of carbonyl (C=O) groups excluding carboxylic acids is 1. The molecule has 2 rings (SSSR count). The highest BCUT2D eigenvalue weighted by Crippen LogP contribution is 2.28. The van der Waals surface area contributed by atoms with Crippen molar-refractivity contribution in [3.63, 3.8) is 0 Å². The lowest BCUT2D eigenvalue weighted by atomic mass is 10.1. The van der Waals surface area contributed by atoms with Crippen molar-refractivity contribution in [3.05, 3.63) is 29.8 Å². The normalized spacial score (nSPS) is 16.1. The summed E-state index contributed by atoms with van der Waals surface area (Å²) < 4.78 is 0. The predicted molar refractivity (Wildman–Crippen MR) is 65.2 cm³/mol. The van der Waals surface area contributed by atoms with Gasteiger partial charge in [-0.3, -0.25) is 4.79 Å². The van der Waals surface area contributed by atoms with Gasteiger partial charge in [-0.25, -0.2) is 0 Å². The number of nitrogens with zero attached hydrogens (tertiary/aromatic N) is 1. The van der Waals surface area contributed by atoms with Crippen molar-refractivity contribution < 1.29 is 4.79 Å². The fourth-order valence-corrected chi connectivity index (χ4v) is 2.72. The molecule has 1 aliphatic rings. The third kappa shape index (κ3) is 2.17. The molecule has 0 spiro atoms. The molecule has 1 amide bonds. The van der Waals surface area contributed by atoms with E-state index < -0.39 is 0 Å². The number of para-hydroxylation sites is 1. The summed E-state index contributed by atoms with van der Waals surface area (Å²) in [6.45, 7) is 2.93. The minimum Gasteiger partial charge on any atom is -0.311 e. The Morgan fingerprint density at radius 2 is 2.13 bits per heavy atom. The van der Waals surface area contributed by atoms with E-state index in [0.717, 1.165) is 24.4 Å². The molecule has 15 heavy (non-hydrogen) atoms. The first-order valence-corrected chi connectivity index (χ1v) is 6.44. The molecular formula is C12H15NOS. The zero-order valence-corrected chi connectivity index (χ0v) is 9.72. The maximum Gasteiger partial charge on any atom is 0.236 e. The van der Waals surface area contributed by atoms with Crippen LogP contribution in [-0.4, -0.2) is 18.2 Å². The molecule has 0 unspecified atom stereocenters. The van der Waals surface area contributed by atoms with E-state index in [9.17, 15) is 4.79 Å². The average Bonchev–Trinajstić information content (AvgIpc) is 2.40. The smallest absolute Gasteiger partial charge is 0.236 e. The average molecular weight is 221 g/mol. The highest BCUT2D eigenvalue weighted by Gasteiger charge is 2.20. The van der Waals surface area contributed by atoms with Gasteiger partial charge in [-0.15, -0.1) is 11.8 Å². The molecule has 0 saturated carbocycles. The SMILES string of the molecule is CCCN1C(=O)CSCc2ccccc21. The zero-order valence-electron chi connectivity index (χ0n) is 8.90. The molecule has 0 fully saturated rings. The van der Waals surface area contributed by atoms with E-state index in [4.69, 9.17) is 0 Å². The Balaban J connectivity index is 2.38. The second kappa shape index (κ2) is 4.71. The molecule has 1 aromatic rings. The molecule has 0 saturated heterocycles. The first-order chi connectivity index (χ1) is 7.33. The molecule has 2 nitrogen and oxygen atoms in total. The van der Waals surface area contributed by atoms with E-state index in [-0.39, 0.29) is 5.91 Å². The van der Waals surface area contributed by atoms with Crippen LogP contribution in [0, 0.1) is 0 Å². The van der Waals surface area contributed by atoms with Gasteiger partial charge in [0, 0.05) is 18.0 Å². The van der Waals surface area contributed by atoms with Crippen LogP contribution in [-0.2, 0) is 10.5 Å².